The molecule has 1 saturated heterocycles. The quantitative estimate of drug-likeness (QED) is 0.836. The van der Waals surface area contributed by atoms with Crippen molar-refractivity contribution >= 4 is 28.3 Å². The monoisotopic (exact) mass is 397 g/mol. The molecule has 28 heavy (non-hydrogen) atoms. The Labute approximate surface area is 170 Å². The van der Waals surface area contributed by atoms with E-state index in [1.54, 1.807) is 0 Å². The maximum atomic E-state index is 12.7. The standard InChI is InChI=1S/C22H27N3O2S/c1-13-10-15(3)18(11-14(13)2)19-12-28-22(23-19)24-20(26)16-6-8-25(9-7-16)21(27)17-4-5-17/h10-12,16-17H,4-9H2,1-3H3,(H,23,24,26). The number of nitrogens with one attached hydrogen (secondary N) is 1. The van der Waals surface area contributed by atoms with Crippen LogP contribution in [0.3, 0.4) is 0 Å². The van der Waals surface area contributed by atoms with E-state index in [1.807, 2.05) is 10.3 Å². The number of anilines is 1. The van der Waals surface area contributed by atoms with Gasteiger partial charge in [-0.15, -0.1) is 11.3 Å². The predicted octanol–water partition coefficient (Wildman–Crippen LogP) is 4.32. The predicted molar refractivity (Wildman–Crippen MR) is 112 cm³/mol. The van der Waals surface area contributed by atoms with E-state index in [4.69, 9.17) is 0 Å². The average molecular weight is 398 g/mol. The van der Waals surface area contributed by atoms with Crippen LogP contribution in [0, 0.1) is 32.6 Å². The third-order valence-corrected chi connectivity index (χ3v) is 6.71. The normalized spacial score (nSPS) is 17.6. The number of carbonyl (C=O) groups excluding carboxylic acids is 2. The molecule has 0 spiro atoms. The van der Waals surface area contributed by atoms with Crippen molar-refractivity contribution in [1.82, 2.24) is 9.88 Å². The fraction of sp³-hybridized carbons (Fsp3) is 0.500. The van der Waals surface area contributed by atoms with Gasteiger partial charge in [0.1, 0.15) is 0 Å². The lowest BCUT2D eigenvalue weighted by Gasteiger charge is -2.31. The molecule has 0 bridgehead atoms. The molecule has 4 rings (SSSR count). The van der Waals surface area contributed by atoms with E-state index >= 15 is 0 Å². The van der Waals surface area contributed by atoms with E-state index < -0.39 is 0 Å². The third kappa shape index (κ3) is 3.97. The van der Waals surface area contributed by atoms with E-state index in [1.165, 1.54) is 28.0 Å². The summed E-state index contributed by atoms with van der Waals surface area (Å²) in [7, 11) is 0. The molecule has 1 saturated carbocycles. The Hall–Kier alpha value is -2.21. The zero-order valence-corrected chi connectivity index (χ0v) is 17.6. The molecule has 0 atom stereocenters. The molecule has 5 nitrogen and oxygen atoms in total. The fourth-order valence-electron chi connectivity index (χ4n) is 3.85. The van der Waals surface area contributed by atoms with Gasteiger partial charge in [-0.25, -0.2) is 4.98 Å². The molecule has 2 aromatic rings. The minimum Gasteiger partial charge on any atom is -0.342 e. The number of aromatic nitrogens is 1. The molecule has 0 radical (unpaired) electrons. The van der Waals surface area contributed by atoms with Crippen molar-refractivity contribution in [2.24, 2.45) is 11.8 Å². The van der Waals surface area contributed by atoms with Gasteiger partial charge in [0, 0.05) is 35.9 Å². The Bertz CT molecular complexity index is 909. The Morgan fingerprint density at radius 3 is 2.36 bits per heavy atom. The first-order valence-corrected chi connectivity index (χ1v) is 10.9. The number of hydrogen-bond acceptors (Lipinski definition) is 4. The highest BCUT2D eigenvalue weighted by molar-refractivity contribution is 7.14. The Morgan fingerprint density at radius 1 is 1.00 bits per heavy atom. The molecule has 148 valence electrons. The minimum atomic E-state index is -0.0426. The van der Waals surface area contributed by atoms with Gasteiger partial charge < -0.3 is 10.2 Å². The first-order chi connectivity index (χ1) is 13.4. The van der Waals surface area contributed by atoms with Crippen molar-refractivity contribution in [2.75, 3.05) is 18.4 Å². The molecule has 2 fully saturated rings. The van der Waals surface area contributed by atoms with Gasteiger partial charge in [-0.2, -0.15) is 0 Å². The molecule has 2 heterocycles. The molecule has 2 aliphatic rings. The van der Waals surface area contributed by atoms with Gasteiger partial charge in [0.25, 0.3) is 0 Å². The molecular formula is C22H27N3O2S. The summed E-state index contributed by atoms with van der Waals surface area (Å²) in [5.41, 5.74) is 5.74. The second-order valence-electron chi connectivity index (χ2n) is 8.15. The number of likely N-dealkylation sites (tertiary alicyclic amines) is 1. The van der Waals surface area contributed by atoms with E-state index in [-0.39, 0.29) is 23.7 Å². The van der Waals surface area contributed by atoms with Crippen LogP contribution in [-0.2, 0) is 9.59 Å². The zero-order valence-electron chi connectivity index (χ0n) is 16.7. The fourth-order valence-corrected chi connectivity index (χ4v) is 4.56. The van der Waals surface area contributed by atoms with Crippen LogP contribution in [0.25, 0.3) is 11.3 Å². The van der Waals surface area contributed by atoms with Crippen molar-refractivity contribution in [3.05, 3.63) is 34.2 Å². The highest BCUT2D eigenvalue weighted by atomic mass is 32.1. The SMILES string of the molecule is Cc1cc(C)c(-c2csc(NC(=O)C3CCN(C(=O)C4CC4)CC3)n2)cc1C. The maximum Gasteiger partial charge on any atom is 0.229 e. The lowest BCUT2D eigenvalue weighted by molar-refractivity contribution is -0.135. The lowest BCUT2D eigenvalue weighted by Crippen LogP contribution is -2.42. The molecule has 1 aliphatic carbocycles. The molecule has 1 aromatic heterocycles. The number of nitrogens with zero attached hydrogens (tertiary/aromatic N) is 2. The van der Waals surface area contributed by atoms with E-state index in [2.05, 4.69) is 43.2 Å². The first kappa shape index (κ1) is 19.1. The van der Waals surface area contributed by atoms with Gasteiger partial charge >= 0.3 is 0 Å². The number of piperidine rings is 1. The Kier molecular flexibility index (Phi) is 5.23. The summed E-state index contributed by atoms with van der Waals surface area (Å²) in [6.45, 7) is 7.70. The van der Waals surface area contributed by atoms with Gasteiger partial charge in [-0.3, -0.25) is 9.59 Å². The molecule has 1 N–H and O–H groups in total. The molecule has 1 aliphatic heterocycles. The number of benzene rings is 1. The Morgan fingerprint density at radius 2 is 1.68 bits per heavy atom. The number of thiazole rings is 1. The molecule has 6 heteroatoms. The van der Waals surface area contributed by atoms with Gasteiger partial charge in [-0.1, -0.05) is 6.07 Å². The molecule has 0 unspecified atom stereocenters. The van der Waals surface area contributed by atoms with Crippen LogP contribution in [0.2, 0.25) is 0 Å². The average Bonchev–Trinajstić information content (AvgIpc) is 3.44. The second-order valence-corrected chi connectivity index (χ2v) is 9.01. The summed E-state index contributed by atoms with van der Waals surface area (Å²) in [4.78, 5) is 31.4. The van der Waals surface area contributed by atoms with Crippen molar-refractivity contribution in [3.63, 3.8) is 0 Å². The number of aryl methyl sites for hydroxylation is 3. The summed E-state index contributed by atoms with van der Waals surface area (Å²) in [6, 6.07) is 4.34. The first-order valence-electron chi connectivity index (χ1n) is 10.1. The molecular weight excluding hydrogens is 370 g/mol. The number of hydrogen-bond donors (Lipinski definition) is 1. The smallest absolute Gasteiger partial charge is 0.229 e. The third-order valence-electron chi connectivity index (χ3n) is 5.95. The Balaban J connectivity index is 1.37. The van der Waals surface area contributed by atoms with Crippen molar-refractivity contribution in [2.45, 2.75) is 46.5 Å². The van der Waals surface area contributed by atoms with Crippen molar-refractivity contribution < 1.29 is 9.59 Å². The summed E-state index contributed by atoms with van der Waals surface area (Å²) in [5, 5.41) is 5.64. The van der Waals surface area contributed by atoms with Gasteiger partial charge in [0.05, 0.1) is 5.69 Å². The van der Waals surface area contributed by atoms with Crippen molar-refractivity contribution in [3.8, 4) is 11.3 Å². The molecule has 2 amide bonds. The topological polar surface area (TPSA) is 62.3 Å². The highest BCUT2D eigenvalue weighted by Gasteiger charge is 2.36. The van der Waals surface area contributed by atoms with Gasteiger partial charge in [0.15, 0.2) is 5.13 Å². The lowest BCUT2D eigenvalue weighted by atomic mass is 9.95. The van der Waals surface area contributed by atoms with Crippen molar-refractivity contribution in [1.29, 1.82) is 0 Å². The van der Waals surface area contributed by atoms with E-state index in [0.29, 0.717) is 18.2 Å². The second kappa shape index (κ2) is 7.66. The van der Waals surface area contributed by atoms with Crippen LogP contribution in [0.1, 0.15) is 42.4 Å². The zero-order chi connectivity index (χ0) is 19.8. The van der Waals surface area contributed by atoms with Crippen LogP contribution >= 0.6 is 11.3 Å². The van der Waals surface area contributed by atoms with Crippen LogP contribution in [0.15, 0.2) is 17.5 Å². The summed E-state index contributed by atoms with van der Waals surface area (Å²) < 4.78 is 0. The summed E-state index contributed by atoms with van der Waals surface area (Å²) in [5.74, 6) is 0.523. The summed E-state index contributed by atoms with van der Waals surface area (Å²) in [6.07, 6.45) is 3.54. The van der Waals surface area contributed by atoms with Crippen LogP contribution in [0.5, 0.6) is 0 Å². The van der Waals surface area contributed by atoms with Crippen LogP contribution in [0.4, 0.5) is 5.13 Å². The number of rotatable bonds is 4. The number of carbonyl (C=O) groups is 2. The van der Waals surface area contributed by atoms with E-state index in [0.717, 1.165) is 36.9 Å². The minimum absolute atomic E-state index is 0.0243. The van der Waals surface area contributed by atoms with Gasteiger partial charge in [0.2, 0.25) is 11.8 Å². The highest BCUT2D eigenvalue weighted by Crippen LogP contribution is 2.33. The van der Waals surface area contributed by atoms with Crippen LogP contribution in [-0.4, -0.2) is 34.8 Å². The largest absolute Gasteiger partial charge is 0.342 e. The molecule has 1 aromatic carbocycles. The maximum absolute atomic E-state index is 12.7. The van der Waals surface area contributed by atoms with Crippen LogP contribution < -0.4 is 5.32 Å². The van der Waals surface area contributed by atoms with Gasteiger partial charge in [-0.05, 0) is 69.2 Å². The van der Waals surface area contributed by atoms with E-state index in [9.17, 15) is 9.59 Å². The summed E-state index contributed by atoms with van der Waals surface area (Å²) >= 11 is 1.47. The number of amides is 2.